The lowest BCUT2D eigenvalue weighted by molar-refractivity contribution is 0.209. The highest BCUT2D eigenvalue weighted by molar-refractivity contribution is 9.10. The summed E-state index contributed by atoms with van der Waals surface area (Å²) in [5.41, 5.74) is 1.36. The molecule has 0 aliphatic heterocycles. The van der Waals surface area contributed by atoms with Gasteiger partial charge in [-0.05, 0) is 49.5 Å². The van der Waals surface area contributed by atoms with Crippen molar-refractivity contribution in [2.75, 3.05) is 26.7 Å². The first-order valence-corrected chi connectivity index (χ1v) is 8.86. The van der Waals surface area contributed by atoms with Crippen LogP contribution in [0.1, 0.15) is 45.7 Å². The van der Waals surface area contributed by atoms with Crippen molar-refractivity contribution in [3.8, 4) is 0 Å². The Kier molecular flexibility index (Phi) is 8.53. The van der Waals surface area contributed by atoms with Crippen molar-refractivity contribution in [2.24, 2.45) is 11.8 Å². The predicted molar refractivity (Wildman–Crippen MR) is 96.7 cm³/mol. The second-order valence-corrected chi connectivity index (χ2v) is 7.65. The number of nitrogens with zero attached hydrogens (tertiary/aromatic N) is 1. The van der Waals surface area contributed by atoms with E-state index < -0.39 is 0 Å². The summed E-state index contributed by atoms with van der Waals surface area (Å²) in [7, 11) is 2.06. The minimum Gasteiger partial charge on any atom is -0.313 e. The Morgan fingerprint density at radius 1 is 1.10 bits per heavy atom. The van der Waals surface area contributed by atoms with Crippen LogP contribution in [0.2, 0.25) is 0 Å². The average Bonchev–Trinajstić information content (AvgIpc) is 2.38. The standard InChI is InChI=1S/C18H31BrN2/c1-14(2)12-21(13-15(3)4)10-9-18(20-5)16-7-6-8-17(19)11-16/h6-8,11,14-15,18,20H,9-10,12-13H2,1-5H3. The molecule has 0 aliphatic carbocycles. The summed E-state index contributed by atoms with van der Waals surface area (Å²) in [6.07, 6.45) is 1.15. The molecule has 0 radical (unpaired) electrons. The van der Waals surface area contributed by atoms with E-state index in [4.69, 9.17) is 0 Å². The number of hydrogen-bond acceptors (Lipinski definition) is 2. The van der Waals surface area contributed by atoms with Gasteiger partial charge in [0.1, 0.15) is 0 Å². The maximum atomic E-state index is 3.57. The monoisotopic (exact) mass is 354 g/mol. The average molecular weight is 355 g/mol. The molecule has 0 saturated carbocycles. The van der Waals surface area contributed by atoms with Gasteiger partial charge in [0, 0.05) is 23.6 Å². The molecule has 1 atom stereocenters. The molecule has 0 aromatic heterocycles. The molecule has 0 heterocycles. The Labute approximate surface area is 139 Å². The number of nitrogens with one attached hydrogen (secondary N) is 1. The van der Waals surface area contributed by atoms with Crippen LogP contribution in [0.5, 0.6) is 0 Å². The maximum Gasteiger partial charge on any atom is 0.0330 e. The van der Waals surface area contributed by atoms with E-state index in [1.54, 1.807) is 0 Å². The topological polar surface area (TPSA) is 15.3 Å². The summed E-state index contributed by atoms with van der Waals surface area (Å²) >= 11 is 3.57. The van der Waals surface area contributed by atoms with Gasteiger partial charge in [0.15, 0.2) is 0 Å². The molecule has 1 unspecified atom stereocenters. The molecular formula is C18H31BrN2. The van der Waals surface area contributed by atoms with Crippen LogP contribution < -0.4 is 5.32 Å². The SMILES string of the molecule is CNC(CCN(CC(C)C)CC(C)C)c1cccc(Br)c1. The van der Waals surface area contributed by atoms with Crippen molar-refractivity contribution in [1.82, 2.24) is 10.2 Å². The van der Waals surface area contributed by atoms with Crippen LogP contribution in [-0.2, 0) is 0 Å². The molecule has 1 aromatic rings. The molecule has 0 saturated heterocycles. The van der Waals surface area contributed by atoms with Gasteiger partial charge in [-0.25, -0.2) is 0 Å². The molecule has 0 fully saturated rings. The first kappa shape index (κ1) is 18.7. The molecule has 120 valence electrons. The van der Waals surface area contributed by atoms with Crippen LogP contribution in [0.25, 0.3) is 0 Å². The molecule has 0 spiro atoms. The van der Waals surface area contributed by atoms with Crippen molar-refractivity contribution in [3.05, 3.63) is 34.3 Å². The Morgan fingerprint density at radius 2 is 1.71 bits per heavy atom. The zero-order chi connectivity index (χ0) is 15.8. The number of benzene rings is 1. The zero-order valence-electron chi connectivity index (χ0n) is 14.2. The van der Waals surface area contributed by atoms with Gasteiger partial charge in [-0.1, -0.05) is 55.8 Å². The fourth-order valence-electron chi connectivity index (χ4n) is 2.80. The Morgan fingerprint density at radius 3 is 2.19 bits per heavy atom. The van der Waals surface area contributed by atoms with Gasteiger partial charge in [-0.2, -0.15) is 0 Å². The van der Waals surface area contributed by atoms with Gasteiger partial charge >= 0.3 is 0 Å². The predicted octanol–water partition coefficient (Wildman–Crippen LogP) is 4.71. The lowest BCUT2D eigenvalue weighted by Crippen LogP contribution is -2.34. The van der Waals surface area contributed by atoms with Crippen LogP contribution in [-0.4, -0.2) is 31.6 Å². The summed E-state index contributed by atoms with van der Waals surface area (Å²) in [5, 5.41) is 3.46. The molecule has 3 heteroatoms. The minimum absolute atomic E-state index is 0.421. The third kappa shape index (κ3) is 7.44. The van der Waals surface area contributed by atoms with Gasteiger partial charge in [0.25, 0.3) is 0 Å². The quantitative estimate of drug-likeness (QED) is 0.690. The van der Waals surface area contributed by atoms with E-state index in [1.807, 2.05) is 0 Å². The highest BCUT2D eigenvalue weighted by Gasteiger charge is 2.14. The van der Waals surface area contributed by atoms with E-state index in [1.165, 1.54) is 18.7 Å². The normalized spacial score (nSPS) is 13.4. The van der Waals surface area contributed by atoms with Gasteiger partial charge in [-0.3, -0.25) is 0 Å². The zero-order valence-corrected chi connectivity index (χ0v) is 15.8. The van der Waals surface area contributed by atoms with Crippen LogP contribution in [0.15, 0.2) is 28.7 Å². The molecule has 21 heavy (non-hydrogen) atoms. The van der Waals surface area contributed by atoms with E-state index >= 15 is 0 Å². The molecule has 0 amide bonds. The summed E-state index contributed by atoms with van der Waals surface area (Å²) in [4.78, 5) is 2.61. The first-order chi connectivity index (χ1) is 9.92. The highest BCUT2D eigenvalue weighted by atomic mass is 79.9. The van der Waals surface area contributed by atoms with Crippen molar-refractivity contribution >= 4 is 15.9 Å². The fraction of sp³-hybridized carbons (Fsp3) is 0.667. The van der Waals surface area contributed by atoms with Crippen molar-refractivity contribution in [3.63, 3.8) is 0 Å². The Hall–Kier alpha value is -0.380. The largest absolute Gasteiger partial charge is 0.313 e. The second kappa shape index (κ2) is 9.60. The number of halogens is 1. The number of rotatable bonds is 9. The minimum atomic E-state index is 0.421. The highest BCUT2D eigenvalue weighted by Crippen LogP contribution is 2.21. The summed E-state index contributed by atoms with van der Waals surface area (Å²) < 4.78 is 1.15. The van der Waals surface area contributed by atoms with E-state index in [-0.39, 0.29) is 0 Å². The summed E-state index contributed by atoms with van der Waals surface area (Å²) in [5.74, 6) is 1.45. The van der Waals surface area contributed by atoms with Crippen molar-refractivity contribution in [2.45, 2.75) is 40.2 Å². The summed E-state index contributed by atoms with van der Waals surface area (Å²) in [6.45, 7) is 12.7. The van der Waals surface area contributed by atoms with Gasteiger partial charge in [0.2, 0.25) is 0 Å². The second-order valence-electron chi connectivity index (χ2n) is 6.73. The van der Waals surface area contributed by atoms with Crippen LogP contribution in [0, 0.1) is 11.8 Å². The summed E-state index contributed by atoms with van der Waals surface area (Å²) in [6, 6.07) is 9.05. The molecule has 2 nitrogen and oxygen atoms in total. The molecular weight excluding hydrogens is 324 g/mol. The molecule has 1 N–H and O–H groups in total. The third-order valence-corrected chi connectivity index (χ3v) is 4.07. The van der Waals surface area contributed by atoms with Gasteiger partial charge in [0.05, 0.1) is 0 Å². The Balaban J connectivity index is 2.62. The maximum absolute atomic E-state index is 3.57. The van der Waals surface area contributed by atoms with Gasteiger partial charge in [-0.15, -0.1) is 0 Å². The van der Waals surface area contributed by atoms with Crippen LogP contribution in [0.3, 0.4) is 0 Å². The Bertz CT molecular complexity index is 394. The fourth-order valence-corrected chi connectivity index (χ4v) is 3.22. The van der Waals surface area contributed by atoms with Crippen LogP contribution in [0.4, 0.5) is 0 Å². The smallest absolute Gasteiger partial charge is 0.0330 e. The van der Waals surface area contributed by atoms with E-state index in [9.17, 15) is 0 Å². The van der Waals surface area contributed by atoms with E-state index in [2.05, 4.69) is 85.2 Å². The van der Waals surface area contributed by atoms with E-state index in [0.717, 1.165) is 29.3 Å². The molecule has 1 rings (SSSR count). The molecule has 0 bridgehead atoms. The van der Waals surface area contributed by atoms with Gasteiger partial charge < -0.3 is 10.2 Å². The number of hydrogen-bond donors (Lipinski definition) is 1. The van der Waals surface area contributed by atoms with Crippen molar-refractivity contribution in [1.29, 1.82) is 0 Å². The molecule has 0 aliphatic rings. The first-order valence-electron chi connectivity index (χ1n) is 8.07. The van der Waals surface area contributed by atoms with Crippen LogP contribution >= 0.6 is 15.9 Å². The van der Waals surface area contributed by atoms with E-state index in [0.29, 0.717) is 6.04 Å². The van der Waals surface area contributed by atoms with Crippen molar-refractivity contribution < 1.29 is 0 Å². The molecule has 1 aromatic carbocycles. The lowest BCUT2D eigenvalue weighted by atomic mass is 10.0. The third-order valence-electron chi connectivity index (χ3n) is 3.58. The lowest BCUT2D eigenvalue weighted by Gasteiger charge is -2.28.